The first-order valence-corrected chi connectivity index (χ1v) is 20.0. The number of allylic oxidation sites excluding steroid dienone is 4. The first-order chi connectivity index (χ1) is 28.6. The molecule has 0 fully saturated rings. The highest BCUT2D eigenvalue weighted by Gasteiger charge is 2.56. The van der Waals surface area contributed by atoms with Gasteiger partial charge < -0.3 is 51.5 Å². The van der Waals surface area contributed by atoms with Gasteiger partial charge in [-0.3, -0.25) is 0 Å². The molecule has 4 aliphatic rings. The second-order valence-corrected chi connectivity index (χ2v) is 15.8. The standard InChI is InChI=1S/2C23H27BN2O4.H2O/c2*1-14-12-16(3)25-21(14)20(18-8-10-19(11-9-18)23(27)28-5)22-15(2)13-17(4)26(22)24(25,29-6)30-7;/h2*8-13H,1-7H3;1H2. The summed E-state index contributed by atoms with van der Waals surface area (Å²) in [6.45, 7) is 12.8. The highest BCUT2D eigenvalue weighted by Crippen LogP contribution is 2.45. The molecular formula is C46H56B2N4O9. The maximum absolute atomic E-state index is 11.9. The van der Waals surface area contributed by atoms with Crippen molar-refractivity contribution in [3.63, 3.8) is 0 Å². The van der Waals surface area contributed by atoms with Crippen molar-refractivity contribution in [2.75, 3.05) is 42.7 Å². The Kier molecular flexibility index (Phi) is 12.1. The van der Waals surface area contributed by atoms with Crippen LogP contribution in [0, 0.1) is 27.7 Å². The maximum Gasteiger partial charge on any atom is 0.665 e. The molecule has 8 rings (SSSR count). The van der Waals surface area contributed by atoms with Gasteiger partial charge in [0.25, 0.3) is 0 Å². The van der Waals surface area contributed by atoms with Crippen LogP contribution in [-0.4, -0.2) is 103 Å². The van der Waals surface area contributed by atoms with Crippen LogP contribution in [0.3, 0.4) is 0 Å². The number of esters is 2. The normalized spacial score (nSPS) is 16.8. The number of ether oxygens (including phenoxy) is 2. The van der Waals surface area contributed by atoms with Crippen molar-refractivity contribution in [3.05, 3.63) is 152 Å². The van der Waals surface area contributed by atoms with Crippen molar-refractivity contribution < 1.29 is 52.1 Å². The summed E-state index contributed by atoms with van der Waals surface area (Å²) >= 11 is 0. The summed E-state index contributed by atoms with van der Waals surface area (Å²) < 4.78 is 42.8. The zero-order valence-electron chi connectivity index (χ0n) is 37.6. The fourth-order valence-electron chi connectivity index (χ4n) is 10.0. The molecule has 2 N–H and O–H groups in total. The van der Waals surface area contributed by atoms with Crippen molar-refractivity contribution in [2.24, 2.45) is 0 Å². The molecular weight excluding hydrogens is 774 g/mol. The lowest BCUT2D eigenvalue weighted by atomic mass is 9.78. The van der Waals surface area contributed by atoms with E-state index in [1.807, 2.05) is 24.3 Å². The molecule has 0 radical (unpaired) electrons. The second kappa shape index (κ2) is 16.6. The fraction of sp³-hybridized carbons (Fsp3) is 0.304. The predicted octanol–water partition coefficient (Wildman–Crippen LogP) is 6.52. The van der Waals surface area contributed by atoms with Crippen LogP contribution in [0.15, 0.2) is 95.4 Å². The van der Waals surface area contributed by atoms with Gasteiger partial charge in [-0.1, -0.05) is 24.3 Å². The number of hydrogen-bond donors (Lipinski definition) is 0. The van der Waals surface area contributed by atoms with Gasteiger partial charge in [0, 0.05) is 48.5 Å². The van der Waals surface area contributed by atoms with E-state index in [2.05, 4.69) is 97.6 Å². The molecule has 0 saturated heterocycles. The van der Waals surface area contributed by atoms with Crippen LogP contribution in [0.4, 0.5) is 0 Å². The number of methoxy groups -OCH3 is 2. The van der Waals surface area contributed by atoms with Gasteiger partial charge in [0.2, 0.25) is 0 Å². The SMILES string of the molecule is COC(=O)c1ccc(C2=C3C(C)=CC(C)=[N+]3[B-](OC)(OC)n3c(C)cc(C)c32)cc1.COC(=O)c1ccc(C2=C3C(C)=CC(C)=[N+]3[B-](OC)(OC)n3c(C)cc(C)c32)cc1.O. The Morgan fingerprint density at radius 1 is 0.508 bits per heavy atom. The lowest BCUT2D eigenvalue weighted by Gasteiger charge is -2.41. The van der Waals surface area contributed by atoms with Crippen LogP contribution < -0.4 is 0 Å². The van der Waals surface area contributed by atoms with Crippen LogP contribution in [-0.2, 0) is 28.1 Å². The molecule has 4 aliphatic heterocycles. The maximum atomic E-state index is 11.9. The number of nitrogens with zero attached hydrogens (tertiary/aromatic N) is 4. The molecule has 4 aromatic rings. The minimum atomic E-state index is -1.96. The minimum Gasteiger partial charge on any atom is -0.486 e. The van der Waals surface area contributed by atoms with E-state index >= 15 is 0 Å². The van der Waals surface area contributed by atoms with Crippen LogP contribution in [0.25, 0.3) is 11.1 Å². The van der Waals surface area contributed by atoms with E-state index in [9.17, 15) is 9.59 Å². The van der Waals surface area contributed by atoms with Gasteiger partial charge in [-0.2, -0.15) is 0 Å². The Hall–Kier alpha value is -5.83. The number of benzene rings is 2. The number of rotatable bonds is 8. The molecule has 2 aromatic heterocycles. The number of aryl methyl sites for hydroxylation is 4. The summed E-state index contributed by atoms with van der Waals surface area (Å²) in [5.41, 5.74) is 18.3. The van der Waals surface area contributed by atoms with E-state index < -0.39 is 13.6 Å². The molecule has 6 heterocycles. The first kappa shape index (κ1) is 44.7. The van der Waals surface area contributed by atoms with Gasteiger partial charge >= 0.3 is 25.6 Å². The minimum absolute atomic E-state index is 0. The highest BCUT2D eigenvalue weighted by molar-refractivity contribution is 6.60. The van der Waals surface area contributed by atoms with Crippen LogP contribution in [0.2, 0.25) is 0 Å². The summed E-state index contributed by atoms with van der Waals surface area (Å²) in [5, 5.41) is 0. The van der Waals surface area contributed by atoms with E-state index in [1.165, 1.54) is 14.2 Å². The Morgan fingerprint density at radius 2 is 0.820 bits per heavy atom. The fourth-order valence-corrected chi connectivity index (χ4v) is 10.0. The molecule has 61 heavy (non-hydrogen) atoms. The Bertz CT molecular complexity index is 2480. The Balaban J connectivity index is 0.000000201. The zero-order valence-corrected chi connectivity index (χ0v) is 37.6. The summed E-state index contributed by atoms with van der Waals surface area (Å²) in [5.74, 6) is -0.691. The number of carbonyl (C=O) groups excluding carboxylic acids is 2. The third kappa shape index (κ3) is 6.54. The molecule has 0 aliphatic carbocycles. The number of aromatic nitrogens is 2. The van der Waals surface area contributed by atoms with Crippen LogP contribution in [0.5, 0.6) is 0 Å². The molecule has 0 bridgehead atoms. The van der Waals surface area contributed by atoms with E-state index in [-0.39, 0.29) is 17.4 Å². The van der Waals surface area contributed by atoms with E-state index in [4.69, 9.17) is 28.1 Å². The van der Waals surface area contributed by atoms with Gasteiger partial charge in [0.15, 0.2) is 11.4 Å². The molecule has 2 aromatic carbocycles. The van der Waals surface area contributed by atoms with Crippen molar-refractivity contribution in [3.8, 4) is 0 Å². The Morgan fingerprint density at radius 3 is 1.10 bits per heavy atom. The summed E-state index contributed by atoms with van der Waals surface area (Å²) in [4.78, 5) is 23.8. The third-order valence-corrected chi connectivity index (χ3v) is 12.3. The summed E-state index contributed by atoms with van der Waals surface area (Å²) in [7, 11) is 9.55. The van der Waals surface area contributed by atoms with Crippen molar-refractivity contribution in [1.29, 1.82) is 0 Å². The second-order valence-electron chi connectivity index (χ2n) is 15.8. The van der Waals surface area contributed by atoms with Crippen LogP contribution in [0.1, 0.15) is 93.4 Å². The Labute approximate surface area is 357 Å². The van der Waals surface area contributed by atoms with E-state index in [1.54, 1.807) is 52.7 Å². The number of fused-ring (bicyclic) bond motifs is 4. The topological polar surface area (TPSA) is 137 Å². The molecule has 320 valence electrons. The van der Waals surface area contributed by atoms with Gasteiger partial charge in [0.05, 0.1) is 36.5 Å². The third-order valence-electron chi connectivity index (χ3n) is 12.3. The lowest BCUT2D eigenvalue weighted by Crippen LogP contribution is -2.61. The van der Waals surface area contributed by atoms with E-state index in [0.29, 0.717) is 11.1 Å². The molecule has 0 saturated carbocycles. The summed E-state index contributed by atoms with van der Waals surface area (Å²) in [6, 6.07) is 19.4. The molecule has 0 amide bonds. The predicted molar refractivity (Wildman–Crippen MR) is 239 cm³/mol. The summed E-state index contributed by atoms with van der Waals surface area (Å²) in [6.07, 6.45) is 4.31. The molecule has 13 nitrogen and oxygen atoms in total. The van der Waals surface area contributed by atoms with Crippen molar-refractivity contribution in [2.45, 2.75) is 55.4 Å². The van der Waals surface area contributed by atoms with Crippen molar-refractivity contribution >= 4 is 48.2 Å². The average molecular weight is 831 g/mol. The zero-order chi connectivity index (χ0) is 43.6. The first-order valence-electron chi connectivity index (χ1n) is 20.0. The molecule has 0 atom stereocenters. The van der Waals surface area contributed by atoms with Gasteiger partial charge in [-0.15, -0.1) is 0 Å². The highest BCUT2D eigenvalue weighted by atomic mass is 16.6. The van der Waals surface area contributed by atoms with Gasteiger partial charge in [-0.25, -0.2) is 9.59 Å². The lowest BCUT2D eigenvalue weighted by molar-refractivity contribution is -0.383. The van der Waals surface area contributed by atoms with Gasteiger partial charge in [-0.05, 0) is 140 Å². The van der Waals surface area contributed by atoms with Crippen molar-refractivity contribution in [1.82, 2.24) is 8.96 Å². The molecule has 15 heteroatoms. The quantitative estimate of drug-likeness (QED) is 0.145. The van der Waals surface area contributed by atoms with Gasteiger partial charge in [0.1, 0.15) is 11.4 Å². The monoisotopic (exact) mass is 830 g/mol. The number of hydrogen-bond acceptors (Lipinski definition) is 8. The van der Waals surface area contributed by atoms with E-state index in [0.717, 1.165) is 90.1 Å². The average Bonchev–Trinajstić information content (AvgIpc) is 3.94. The molecule has 0 unspecified atom stereocenters. The smallest absolute Gasteiger partial charge is 0.486 e. The number of carbonyl (C=O) groups is 2. The molecule has 0 spiro atoms. The largest absolute Gasteiger partial charge is 0.665 e. The van der Waals surface area contributed by atoms with Crippen LogP contribution >= 0.6 is 0 Å².